The molecule has 2 aliphatic rings. The summed E-state index contributed by atoms with van der Waals surface area (Å²) in [7, 11) is 0. The predicted molar refractivity (Wildman–Crippen MR) is 116 cm³/mol. The third-order valence-corrected chi connectivity index (χ3v) is 5.93. The number of nitrogens with zero attached hydrogens (tertiary/aromatic N) is 2. The van der Waals surface area contributed by atoms with Crippen molar-refractivity contribution < 1.29 is 9.59 Å². The lowest BCUT2D eigenvalue weighted by molar-refractivity contribution is -0.122. The van der Waals surface area contributed by atoms with Gasteiger partial charge in [0.25, 0.3) is 5.91 Å². The van der Waals surface area contributed by atoms with Crippen LogP contribution in [0.25, 0.3) is 6.08 Å². The first-order chi connectivity index (χ1) is 13.6. The summed E-state index contributed by atoms with van der Waals surface area (Å²) in [5, 5.41) is 4.26. The fourth-order valence-electron chi connectivity index (χ4n) is 3.29. The van der Waals surface area contributed by atoms with Gasteiger partial charge in [-0.25, -0.2) is 4.99 Å². The van der Waals surface area contributed by atoms with Crippen molar-refractivity contribution in [2.24, 2.45) is 4.99 Å². The molecular weight excluding hydrogens is 394 g/mol. The van der Waals surface area contributed by atoms with Crippen LogP contribution in [0.5, 0.6) is 0 Å². The SMILES string of the molecule is C=CCN1C(=O)/C(=C/c2ccc(Cl)cc2)N=C1SCC(=O)NC1CCCCC1. The normalized spacial score (nSPS) is 19.0. The Labute approximate surface area is 174 Å². The number of thioether (sulfide) groups is 1. The molecule has 1 saturated carbocycles. The van der Waals surface area contributed by atoms with Crippen LogP contribution in [0.2, 0.25) is 5.02 Å². The van der Waals surface area contributed by atoms with E-state index < -0.39 is 0 Å². The van der Waals surface area contributed by atoms with Crippen molar-refractivity contribution in [2.45, 2.75) is 38.1 Å². The van der Waals surface area contributed by atoms with Crippen LogP contribution in [0, 0.1) is 0 Å². The van der Waals surface area contributed by atoms with Crippen molar-refractivity contribution in [1.82, 2.24) is 10.2 Å². The number of aliphatic imine (C=N–C) groups is 1. The topological polar surface area (TPSA) is 61.8 Å². The van der Waals surface area contributed by atoms with E-state index in [4.69, 9.17) is 11.6 Å². The highest BCUT2D eigenvalue weighted by Gasteiger charge is 2.30. The molecule has 0 radical (unpaired) electrons. The van der Waals surface area contributed by atoms with E-state index in [1.54, 1.807) is 29.2 Å². The molecule has 0 spiro atoms. The van der Waals surface area contributed by atoms with Crippen LogP contribution in [0.3, 0.4) is 0 Å². The van der Waals surface area contributed by atoms with Crippen LogP contribution < -0.4 is 5.32 Å². The van der Waals surface area contributed by atoms with Gasteiger partial charge in [0.05, 0.1) is 5.75 Å². The van der Waals surface area contributed by atoms with E-state index in [0.29, 0.717) is 22.4 Å². The van der Waals surface area contributed by atoms with Crippen LogP contribution >= 0.6 is 23.4 Å². The van der Waals surface area contributed by atoms with Gasteiger partial charge in [0, 0.05) is 17.6 Å². The maximum Gasteiger partial charge on any atom is 0.278 e. The van der Waals surface area contributed by atoms with Crippen molar-refractivity contribution in [3.8, 4) is 0 Å². The zero-order valence-electron chi connectivity index (χ0n) is 15.7. The summed E-state index contributed by atoms with van der Waals surface area (Å²) in [4.78, 5) is 31.0. The maximum absolute atomic E-state index is 12.7. The molecule has 148 valence electrons. The lowest BCUT2D eigenvalue weighted by Gasteiger charge is -2.22. The first-order valence-electron chi connectivity index (χ1n) is 9.47. The van der Waals surface area contributed by atoms with E-state index in [9.17, 15) is 9.59 Å². The minimum absolute atomic E-state index is 0.0132. The monoisotopic (exact) mass is 417 g/mol. The molecule has 1 heterocycles. The zero-order valence-corrected chi connectivity index (χ0v) is 17.3. The summed E-state index contributed by atoms with van der Waals surface area (Å²) >= 11 is 7.19. The Hall–Kier alpha value is -2.05. The van der Waals surface area contributed by atoms with Crippen LogP contribution in [-0.4, -0.2) is 40.2 Å². The van der Waals surface area contributed by atoms with Crippen molar-refractivity contribution in [2.75, 3.05) is 12.3 Å². The molecule has 1 N–H and O–H groups in total. The molecule has 3 rings (SSSR count). The standard InChI is InChI=1S/C21H24ClN3O2S/c1-2-12-25-20(27)18(13-15-8-10-16(22)11-9-15)24-21(25)28-14-19(26)23-17-6-4-3-5-7-17/h2,8-11,13,17H,1,3-7,12,14H2,(H,23,26)/b18-13-. The van der Waals surface area contributed by atoms with Gasteiger partial charge in [-0.15, -0.1) is 6.58 Å². The van der Waals surface area contributed by atoms with E-state index in [-0.39, 0.29) is 23.6 Å². The van der Waals surface area contributed by atoms with Gasteiger partial charge >= 0.3 is 0 Å². The number of halogens is 1. The van der Waals surface area contributed by atoms with Gasteiger partial charge in [0.15, 0.2) is 5.17 Å². The van der Waals surface area contributed by atoms with Gasteiger partial charge in [-0.1, -0.05) is 60.8 Å². The molecule has 1 aliphatic heterocycles. The van der Waals surface area contributed by atoms with Crippen molar-refractivity contribution >= 4 is 46.4 Å². The Morgan fingerprint density at radius 3 is 2.68 bits per heavy atom. The number of hydrogen-bond donors (Lipinski definition) is 1. The lowest BCUT2D eigenvalue weighted by Crippen LogP contribution is -2.38. The Morgan fingerprint density at radius 2 is 2.00 bits per heavy atom. The van der Waals surface area contributed by atoms with Crippen LogP contribution in [0.4, 0.5) is 0 Å². The Kier molecular flexibility index (Phi) is 7.34. The van der Waals surface area contributed by atoms with Gasteiger partial charge in [-0.05, 0) is 36.6 Å². The van der Waals surface area contributed by atoms with Gasteiger partial charge in [-0.2, -0.15) is 0 Å². The second kappa shape index (κ2) is 9.94. The number of hydrogen-bond acceptors (Lipinski definition) is 4. The fourth-order valence-corrected chi connectivity index (χ4v) is 4.24. The molecule has 1 fully saturated rings. The van der Waals surface area contributed by atoms with Crippen LogP contribution in [-0.2, 0) is 9.59 Å². The highest BCUT2D eigenvalue weighted by molar-refractivity contribution is 8.14. The molecular formula is C21H24ClN3O2S. The summed E-state index contributed by atoms with van der Waals surface area (Å²) in [5.41, 5.74) is 1.19. The molecule has 1 aliphatic carbocycles. The summed E-state index contributed by atoms with van der Waals surface area (Å²) < 4.78 is 0. The van der Waals surface area contributed by atoms with E-state index in [2.05, 4.69) is 16.9 Å². The lowest BCUT2D eigenvalue weighted by atomic mass is 9.95. The molecule has 1 aromatic rings. The molecule has 0 bridgehead atoms. The third-order valence-electron chi connectivity index (χ3n) is 4.70. The molecule has 0 atom stereocenters. The second-order valence-corrected chi connectivity index (χ2v) is 8.25. The van der Waals surface area contributed by atoms with E-state index >= 15 is 0 Å². The van der Waals surface area contributed by atoms with E-state index in [1.165, 1.54) is 31.0 Å². The van der Waals surface area contributed by atoms with E-state index in [0.717, 1.165) is 18.4 Å². The molecule has 0 unspecified atom stereocenters. The quantitative estimate of drug-likeness (QED) is 0.556. The van der Waals surface area contributed by atoms with Gasteiger partial charge in [0.1, 0.15) is 5.70 Å². The summed E-state index contributed by atoms with van der Waals surface area (Å²) in [6.07, 6.45) is 9.07. The van der Waals surface area contributed by atoms with Crippen LogP contribution in [0.1, 0.15) is 37.7 Å². The average molecular weight is 418 g/mol. The van der Waals surface area contributed by atoms with Crippen molar-refractivity contribution in [3.05, 3.63) is 53.2 Å². The number of amidine groups is 1. The Morgan fingerprint density at radius 1 is 1.29 bits per heavy atom. The van der Waals surface area contributed by atoms with Gasteiger partial charge < -0.3 is 5.32 Å². The van der Waals surface area contributed by atoms with E-state index in [1.807, 2.05) is 12.1 Å². The molecule has 5 nitrogen and oxygen atoms in total. The van der Waals surface area contributed by atoms with Crippen molar-refractivity contribution in [3.63, 3.8) is 0 Å². The minimum atomic E-state index is -0.190. The maximum atomic E-state index is 12.7. The molecule has 0 saturated heterocycles. The molecule has 0 aromatic heterocycles. The summed E-state index contributed by atoms with van der Waals surface area (Å²) in [5.74, 6) is 0.0376. The first-order valence-corrected chi connectivity index (χ1v) is 10.8. The number of benzene rings is 1. The average Bonchev–Trinajstić information content (AvgIpc) is 2.98. The third kappa shape index (κ3) is 5.49. The minimum Gasteiger partial charge on any atom is -0.353 e. The predicted octanol–water partition coefficient (Wildman–Crippen LogP) is 4.25. The largest absolute Gasteiger partial charge is 0.353 e. The number of rotatable bonds is 6. The smallest absolute Gasteiger partial charge is 0.278 e. The van der Waals surface area contributed by atoms with Gasteiger partial charge in [0.2, 0.25) is 5.91 Å². The molecule has 28 heavy (non-hydrogen) atoms. The zero-order chi connectivity index (χ0) is 19.9. The van der Waals surface area contributed by atoms with Gasteiger partial charge in [-0.3, -0.25) is 14.5 Å². The molecule has 1 aromatic carbocycles. The highest BCUT2D eigenvalue weighted by Crippen LogP contribution is 2.25. The number of carbonyl (C=O) groups excluding carboxylic acids is 2. The Balaban J connectivity index is 1.66. The number of nitrogens with one attached hydrogen (secondary N) is 1. The summed E-state index contributed by atoms with van der Waals surface area (Å²) in [6, 6.07) is 7.48. The number of amides is 2. The molecule has 2 amide bonds. The molecule has 7 heteroatoms. The fraction of sp³-hybridized carbons (Fsp3) is 0.381. The number of carbonyl (C=O) groups is 2. The Bertz CT molecular complexity index is 798. The highest BCUT2D eigenvalue weighted by atomic mass is 35.5. The van der Waals surface area contributed by atoms with Crippen LogP contribution in [0.15, 0.2) is 47.6 Å². The first kappa shape index (κ1) is 20.7. The summed E-state index contributed by atoms with van der Waals surface area (Å²) in [6.45, 7) is 4.07. The second-order valence-electron chi connectivity index (χ2n) is 6.87. The van der Waals surface area contributed by atoms with Crippen molar-refractivity contribution in [1.29, 1.82) is 0 Å².